The van der Waals surface area contributed by atoms with Crippen LogP contribution in [0.4, 0.5) is 20.2 Å². The van der Waals surface area contributed by atoms with Crippen molar-refractivity contribution in [3.8, 4) is 11.5 Å². The van der Waals surface area contributed by atoms with E-state index in [2.05, 4.69) is 54.0 Å². The summed E-state index contributed by atoms with van der Waals surface area (Å²) in [5.41, 5.74) is 4.39. The summed E-state index contributed by atoms with van der Waals surface area (Å²) >= 11 is 0. The predicted molar refractivity (Wildman–Crippen MR) is 319 cm³/mol. The molecule has 0 unspecified atom stereocenters. The first-order valence-electron chi connectivity index (χ1n) is 29.9. The van der Waals surface area contributed by atoms with Crippen molar-refractivity contribution in [2.24, 2.45) is 0 Å². The van der Waals surface area contributed by atoms with Crippen LogP contribution in [0.15, 0.2) is 94.5 Å². The van der Waals surface area contributed by atoms with Crippen LogP contribution in [-0.4, -0.2) is 196 Å². The van der Waals surface area contributed by atoms with Crippen molar-refractivity contribution in [2.45, 2.75) is 102 Å². The summed E-state index contributed by atoms with van der Waals surface area (Å²) in [6.07, 6.45) is 0.334. The minimum Gasteiger partial charge on any atom is -0.491 e. The first kappa shape index (κ1) is 59.4. The monoisotopic (exact) mass is 1160 g/mol. The van der Waals surface area contributed by atoms with Crippen LogP contribution in [0.3, 0.4) is 0 Å². The van der Waals surface area contributed by atoms with Crippen molar-refractivity contribution >= 4 is 23.2 Å². The highest BCUT2D eigenvalue weighted by Gasteiger charge is 2.43. The molecule has 0 radical (unpaired) electrons. The SMILES string of the molecule is C[C@@H]1CN(CC(=O)N2CC(C)(C)c3[nH]c(=O)c(Cc4ccc(F)cc4)cc32)[C@@H](CN2CCO[C@@H](COc3cccc(OC[C@H]4CN(C[C@H]5CN[C@H](C)CN5CC(=O)N5CC(C)(C)c6[nH]c(=O)c(Cc7ccc(F)cc7)cc65)CCO4)c3)C2)CN1. The molecule has 4 N–H and O–H groups in total. The molecule has 0 saturated carbocycles. The zero-order valence-corrected chi connectivity index (χ0v) is 49.4. The Balaban J connectivity index is 0.651. The fourth-order valence-corrected chi connectivity index (χ4v) is 13.1. The summed E-state index contributed by atoms with van der Waals surface area (Å²) < 4.78 is 52.5. The molecule has 5 aromatic rings. The average Bonchev–Trinajstić information content (AvgIpc) is 2.53. The van der Waals surface area contributed by atoms with Gasteiger partial charge in [-0.1, -0.05) is 58.0 Å². The maximum Gasteiger partial charge on any atom is 0.251 e. The normalized spacial score (nSPS) is 24.7. The number of ether oxygens (including phenoxy) is 4. The van der Waals surface area contributed by atoms with Gasteiger partial charge in [-0.15, -0.1) is 0 Å². The van der Waals surface area contributed by atoms with Gasteiger partial charge in [-0.05, 0) is 73.5 Å². The number of benzene rings is 3. The number of carbonyl (C=O) groups is 2. The van der Waals surface area contributed by atoms with Gasteiger partial charge in [-0.2, -0.15) is 0 Å². The standard InChI is InChI=1S/C64H82F2N10O8/c1-41-29-73(35-57(77)75-39-63(3,4)59-55(75)24-45(61(79)69-59)22-43-10-14-47(65)15-11-43)49(27-67-41)31-71-18-20-81-53(33-71)37-83-51-8-7-9-52(26-51)84-38-54-34-72(19-21-82-54)32-50-28-68-42(2)30-74(50)36-58(78)76-40-64(5,6)60-56(76)25-46(62(80)70-60)23-44-12-16-48(66)17-13-44/h7-17,24-26,41-42,49-50,53-54,67-68H,18-23,27-40H2,1-6H3,(H,69,79)(H,70,80)/t41-,42-,49-,50-,53-,54-/m1/s1. The minimum atomic E-state index is -0.443. The molecule has 6 aliphatic rings. The third kappa shape index (κ3) is 14.0. The molecule has 20 heteroatoms. The second-order valence-corrected chi connectivity index (χ2v) is 25.5. The summed E-state index contributed by atoms with van der Waals surface area (Å²) in [7, 11) is 0. The van der Waals surface area contributed by atoms with Gasteiger partial charge in [-0.25, -0.2) is 8.78 Å². The summed E-state index contributed by atoms with van der Waals surface area (Å²) in [5.74, 6) is 0.676. The predicted octanol–water partition coefficient (Wildman–Crippen LogP) is 4.66. The number of rotatable bonds is 18. The number of H-pyrrole nitrogens is 2. The summed E-state index contributed by atoms with van der Waals surface area (Å²) in [4.78, 5) is 74.7. The van der Waals surface area contributed by atoms with E-state index >= 15 is 0 Å². The van der Waals surface area contributed by atoms with E-state index in [1.54, 1.807) is 24.3 Å². The van der Waals surface area contributed by atoms with Crippen LogP contribution < -0.4 is 41.0 Å². The molecule has 450 valence electrons. The van der Waals surface area contributed by atoms with Gasteiger partial charge in [0.15, 0.2) is 0 Å². The molecule has 8 heterocycles. The van der Waals surface area contributed by atoms with Crippen molar-refractivity contribution < 1.29 is 37.3 Å². The lowest BCUT2D eigenvalue weighted by molar-refractivity contribution is -0.121. The Kier molecular flexibility index (Phi) is 17.9. The Hall–Kier alpha value is -6.36. The van der Waals surface area contributed by atoms with Crippen LogP contribution in [-0.2, 0) is 42.7 Å². The van der Waals surface area contributed by atoms with Crippen LogP contribution >= 0.6 is 0 Å². The van der Waals surface area contributed by atoms with Crippen molar-refractivity contribution in [2.75, 3.05) is 128 Å². The molecule has 6 atom stereocenters. The van der Waals surface area contributed by atoms with Gasteiger partial charge < -0.3 is 49.3 Å². The number of anilines is 2. The van der Waals surface area contributed by atoms with E-state index in [1.807, 2.05) is 73.9 Å². The number of aromatic nitrogens is 2. The second-order valence-electron chi connectivity index (χ2n) is 25.5. The fraction of sp³-hybridized carbons (Fsp3) is 0.531. The molecule has 6 aliphatic heterocycles. The quantitative estimate of drug-likeness (QED) is 0.0953. The van der Waals surface area contributed by atoms with E-state index in [0.717, 1.165) is 73.2 Å². The molecule has 4 saturated heterocycles. The second kappa shape index (κ2) is 25.3. The number of piperazine rings is 2. The number of hydrogen-bond donors (Lipinski definition) is 4. The Morgan fingerprint density at radius 1 is 0.595 bits per heavy atom. The number of nitrogens with one attached hydrogen (secondary N) is 4. The number of hydrogen-bond acceptors (Lipinski definition) is 14. The minimum absolute atomic E-state index is 0.0113. The van der Waals surface area contributed by atoms with Crippen LogP contribution in [0.25, 0.3) is 0 Å². The van der Waals surface area contributed by atoms with Gasteiger partial charge in [0.05, 0.1) is 37.7 Å². The maximum absolute atomic E-state index is 14.4. The van der Waals surface area contributed by atoms with Crippen LogP contribution in [0.2, 0.25) is 0 Å². The summed E-state index contributed by atoms with van der Waals surface area (Å²) in [5, 5.41) is 7.28. The van der Waals surface area contributed by atoms with Gasteiger partial charge in [0.1, 0.15) is 48.6 Å². The highest BCUT2D eigenvalue weighted by atomic mass is 19.1. The van der Waals surface area contributed by atoms with E-state index in [9.17, 15) is 28.0 Å². The Labute approximate surface area is 490 Å². The van der Waals surface area contributed by atoms with Crippen molar-refractivity contribution in [1.82, 2.24) is 40.2 Å². The van der Waals surface area contributed by atoms with Gasteiger partial charge in [0.25, 0.3) is 11.1 Å². The molecule has 4 fully saturated rings. The van der Waals surface area contributed by atoms with Gasteiger partial charge in [0.2, 0.25) is 11.8 Å². The van der Waals surface area contributed by atoms with Crippen molar-refractivity contribution in [1.29, 1.82) is 0 Å². The van der Waals surface area contributed by atoms with Crippen molar-refractivity contribution in [3.05, 3.63) is 151 Å². The number of nitrogens with zero attached hydrogens (tertiary/aromatic N) is 6. The molecule has 3 aromatic carbocycles. The largest absolute Gasteiger partial charge is 0.491 e. The lowest BCUT2D eigenvalue weighted by Gasteiger charge is -2.43. The highest BCUT2D eigenvalue weighted by Crippen LogP contribution is 2.41. The number of halogens is 2. The first-order valence-corrected chi connectivity index (χ1v) is 29.9. The molecule has 2 aromatic heterocycles. The van der Waals surface area contributed by atoms with Gasteiger partial charge in [-0.3, -0.25) is 38.8 Å². The van der Waals surface area contributed by atoms with Gasteiger partial charge >= 0.3 is 0 Å². The number of morpholine rings is 2. The zero-order chi connectivity index (χ0) is 58.9. The van der Waals surface area contributed by atoms with Crippen molar-refractivity contribution in [3.63, 3.8) is 0 Å². The molecule has 0 aliphatic carbocycles. The Morgan fingerprint density at radius 3 is 1.43 bits per heavy atom. The molecule has 11 rings (SSSR count). The first-order chi connectivity index (χ1) is 40.3. The van der Waals surface area contributed by atoms with E-state index < -0.39 is 10.8 Å². The maximum atomic E-state index is 14.4. The van der Waals surface area contributed by atoms with Crippen LogP contribution in [0.5, 0.6) is 11.5 Å². The number of aromatic amines is 2. The molecule has 0 bridgehead atoms. The Bertz CT molecular complexity index is 3060. The average molecular weight is 1160 g/mol. The number of fused-ring (bicyclic) bond motifs is 2. The number of amides is 2. The molecule has 84 heavy (non-hydrogen) atoms. The summed E-state index contributed by atoms with van der Waals surface area (Å²) in [6, 6.07) is 24.2. The highest BCUT2D eigenvalue weighted by molar-refractivity contribution is 5.98. The van der Waals surface area contributed by atoms with Gasteiger partial charge in [0, 0.05) is 155 Å². The third-order valence-corrected chi connectivity index (χ3v) is 17.6. The number of carbonyl (C=O) groups excluding carboxylic acids is 2. The smallest absolute Gasteiger partial charge is 0.251 e. The topological polar surface area (TPSA) is 180 Å². The number of pyridine rings is 2. The fourth-order valence-electron chi connectivity index (χ4n) is 13.1. The molecule has 18 nitrogen and oxygen atoms in total. The van der Waals surface area contributed by atoms with E-state index in [0.29, 0.717) is 101 Å². The lowest BCUT2D eigenvalue weighted by Crippen LogP contribution is -2.61. The van der Waals surface area contributed by atoms with Crippen LogP contribution in [0.1, 0.15) is 75.2 Å². The van der Waals surface area contributed by atoms with E-state index in [-0.39, 0.29) is 84.0 Å². The third-order valence-electron chi connectivity index (χ3n) is 17.6. The molecular formula is C64H82F2N10O8. The van der Waals surface area contributed by atoms with E-state index in [1.165, 1.54) is 24.3 Å². The van der Waals surface area contributed by atoms with E-state index in [4.69, 9.17) is 18.9 Å². The zero-order valence-electron chi connectivity index (χ0n) is 49.4. The lowest BCUT2D eigenvalue weighted by atomic mass is 9.91. The molecule has 0 spiro atoms. The summed E-state index contributed by atoms with van der Waals surface area (Å²) in [6.45, 7) is 23.0. The molecule has 2 amide bonds. The Morgan fingerprint density at radius 2 is 1.01 bits per heavy atom. The molecular weight excluding hydrogens is 1070 g/mol. The van der Waals surface area contributed by atoms with Crippen LogP contribution in [0, 0.1) is 11.6 Å².